The Bertz CT molecular complexity index is 1300. The highest BCUT2D eigenvalue weighted by Crippen LogP contribution is 2.34. The van der Waals surface area contributed by atoms with Crippen molar-refractivity contribution in [1.29, 1.82) is 0 Å². The van der Waals surface area contributed by atoms with Crippen LogP contribution in [0.2, 0.25) is 0 Å². The lowest BCUT2D eigenvalue weighted by molar-refractivity contribution is 0.262. The molecule has 0 bridgehead atoms. The topological polar surface area (TPSA) is 122 Å². The minimum absolute atomic E-state index is 0.408. The van der Waals surface area contributed by atoms with Gasteiger partial charge in [0.2, 0.25) is 0 Å². The van der Waals surface area contributed by atoms with Crippen LogP contribution in [-0.2, 0) is 0 Å². The average Bonchev–Trinajstić information content (AvgIpc) is 2.85. The smallest absolute Gasteiger partial charge is 0.323 e. The summed E-state index contributed by atoms with van der Waals surface area (Å²) in [6, 6.07) is 19.5. The van der Waals surface area contributed by atoms with Gasteiger partial charge in [-0.2, -0.15) is 0 Å². The zero-order chi connectivity index (χ0) is 24.6. The van der Waals surface area contributed by atoms with Gasteiger partial charge in [0, 0.05) is 23.6 Å². The molecule has 0 unspecified atom stereocenters. The molecule has 2 aromatic carbocycles. The second-order valence-electron chi connectivity index (χ2n) is 7.35. The fraction of sp³-hybridized carbons (Fsp3) is 0.120. The predicted octanol–water partition coefficient (Wildman–Crippen LogP) is 5.33. The number of aromatic nitrogens is 3. The zero-order valence-electron chi connectivity index (χ0n) is 19.5. The van der Waals surface area contributed by atoms with Crippen molar-refractivity contribution in [2.24, 2.45) is 0 Å². The standard InChI is InChI=1S/C25H25N7O3/c1-16-27-22(15-23(28-16)32-21-9-4-5-14-26-21)29-17-10-12-18(13-11-17)30-25(33)31-19-7-6-8-20(34-2)24(19)35-3/h4-15H,1-3H3,(H2,30,31,33)(H2,26,27,28,29,32). The molecule has 0 saturated carbocycles. The fourth-order valence-electron chi connectivity index (χ4n) is 3.32. The van der Waals surface area contributed by atoms with E-state index in [0.29, 0.717) is 46.2 Å². The second kappa shape index (κ2) is 10.8. The second-order valence-corrected chi connectivity index (χ2v) is 7.35. The van der Waals surface area contributed by atoms with Crippen LogP contribution in [0.25, 0.3) is 0 Å². The SMILES string of the molecule is COc1cccc(NC(=O)Nc2ccc(Nc3cc(Nc4ccccn4)nc(C)n3)cc2)c1OC. The van der Waals surface area contributed by atoms with Crippen molar-refractivity contribution >= 4 is 40.5 Å². The lowest BCUT2D eigenvalue weighted by Crippen LogP contribution is -2.19. The number of carbonyl (C=O) groups is 1. The molecule has 0 atom stereocenters. The first-order valence-corrected chi connectivity index (χ1v) is 10.7. The zero-order valence-corrected chi connectivity index (χ0v) is 19.5. The van der Waals surface area contributed by atoms with E-state index in [-0.39, 0.29) is 0 Å². The summed E-state index contributed by atoms with van der Waals surface area (Å²) in [5, 5.41) is 12.0. The number of nitrogens with one attached hydrogen (secondary N) is 4. The number of para-hydroxylation sites is 1. The van der Waals surface area contributed by atoms with Crippen LogP contribution in [-0.4, -0.2) is 35.2 Å². The van der Waals surface area contributed by atoms with Crippen molar-refractivity contribution in [1.82, 2.24) is 15.0 Å². The van der Waals surface area contributed by atoms with E-state index < -0.39 is 6.03 Å². The van der Waals surface area contributed by atoms with E-state index >= 15 is 0 Å². The molecule has 10 nitrogen and oxygen atoms in total. The molecule has 0 saturated heterocycles. The van der Waals surface area contributed by atoms with Crippen molar-refractivity contribution in [3.05, 3.63) is 78.8 Å². The molecule has 10 heteroatoms. The molecular weight excluding hydrogens is 446 g/mol. The minimum atomic E-state index is -0.408. The Labute approximate surface area is 202 Å². The van der Waals surface area contributed by atoms with Crippen molar-refractivity contribution in [2.45, 2.75) is 6.92 Å². The number of amides is 2. The largest absolute Gasteiger partial charge is 0.493 e. The number of hydrogen-bond acceptors (Lipinski definition) is 8. The summed E-state index contributed by atoms with van der Waals surface area (Å²) in [6.45, 7) is 1.82. The maximum atomic E-state index is 12.5. The monoisotopic (exact) mass is 471 g/mol. The summed E-state index contributed by atoms with van der Waals surface area (Å²) in [7, 11) is 3.06. The molecule has 4 N–H and O–H groups in total. The molecule has 0 aliphatic rings. The van der Waals surface area contributed by atoms with Crippen LogP contribution < -0.4 is 30.7 Å². The van der Waals surface area contributed by atoms with E-state index in [0.717, 1.165) is 5.69 Å². The van der Waals surface area contributed by atoms with Crippen molar-refractivity contribution < 1.29 is 14.3 Å². The first-order valence-electron chi connectivity index (χ1n) is 10.7. The molecule has 0 fully saturated rings. The molecule has 178 valence electrons. The summed E-state index contributed by atoms with van der Waals surface area (Å²) in [5.74, 6) is 3.52. The van der Waals surface area contributed by atoms with Gasteiger partial charge in [-0.25, -0.2) is 19.7 Å². The molecule has 0 spiro atoms. The van der Waals surface area contributed by atoms with Gasteiger partial charge in [-0.15, -0.1) is 0 Å². The lowest BCUT2D eigenvalue weighted by atomic mass is 10.2. The number of urea groups is 1. The van der Waals surface area contributed by atoms with Crippen molar-refractivity contribution in [2.75, 3.05) is 35.5 Å². The Morgan fingerprint density at radius 3 is 2.20 bits per heavy atom. The Morgan fingerprint density at radius 2 is 1.51 bits per heavy atom. The highest BCUT2D eigenvalue weighted by atomic mass is 16.5. The molecule has 4 aromatic rings. The van der Waals surface area contributed by atoms with E-state index in [1.54, 1.807) is 42.6 Å². The Hall–Kier alpha value is -4.86. The quantitative estimate of drug-likeness (QED) is 0.272. The van der Waals surface area contributed by atoms with Gasteiger partial charge >= 0.3 is 6.03 Å². The first-order chi connectivity index (χ1) is 17.0. The van der Waals surface area contributed by atoms with Crippen molar-refractivity contribution in [3.8, 4) is 11.5 Å². The number of nitrogens with zero attached hydrogens (tertiary/aromatic N) is 3. The number of hydrogen-bond donors (Lipinski definition) is 4. The van der Waals surface area contributed by atoms with Crippen LogP contribution in [0.3, 0.4) is 0 Å². The minimum Gasteiger partial charge on any atom is -0.493 e. The maximum absolute atomic E-state index is 12.5. The summed E-state index contributed by atoms with van der Waals surface area (Å²) >= 11 is 0. The Balaban J connectivity index is 1.39. The number of rotatable bonds is 8. The first kappa shape index (κ1) is 23.3. The van der Waals surface area contributed by atoms with Crippen molar-refractivity contribution in [3.63, 3.8) is 0 Å². The lowest BCUT2D eigenvalue weighted by Gasteiger charge is -2.14. The number of ether oxygens (including phenoxy) is 2. The van der Waals surface area contributed by atoms with Gasteiger partial charge < -0.3 is 30.7 Å². The van der Waals surface area contributed by atoms with Crippen LogP contribution in [0.15, 0.2) is 72.9 Å². The normalized spacial score (nSPS) is 10.3. The third-order valence-electron chi connectivity index (χ3n) is 4.83. The predicted molar refractivity (Wildman–Crippen MR) is 136 cm³/mol. The molecule has 2 aromatic heterocycles. The van der Waals surface area contributed by atoms with Gasteiger partial charge in [0.15, 0.2) is 11.5 Å². The van der Waals surface area contributed by atoms with Crippen LogP contribution in [0.1, 0.15) is 5.82 Å². The van der Waals surface area contributed by atoms with Gasteiger partial charge in [0.1, 0.15) is 23.3 Å². The van der Waals surface area contributed by atoms with Crippen LogP contribution in [0, 0.1) is 6.92 Å². The van der Waals surface area contributed by atoms with Gasteiger partial charge in [-0.05, 0) is 55.5 Å². The fourth-order valence-corrected chi connectivity index (χ4v) is 3.32. The summed E-state index contributed by atoms with van der Waals surface area (Å²) < 4.78 is 10.6. The van der Waals surface area contributed by atoms with Gasteiger partial charge in [-0.1, -0.05) is 12.1 Å². The van der Waals surface area contributed by atoms with Crippen LogP contribution in [0.4, 0.5) is 39.3 Å². The van der Waals surface area contributed by atoms with E-state index in [1.807, 2.05) is 37.3 Å². The maximum Gasteiger partial charge on any atom is 0.323 e. The molecule has 2 heterocycles. The summed E-state index contributed by atoms with van der Waals surface area (Å²) in [6.07, 6.45) is 1.71. The molecule has 4 rings (SSSR count). The molecule has 2 amide bonds. The van der Waals surface area contributed by atoms with Crippen LogP contribution in [0.5, 0.6) is 11.5 Å². The van der Waals surface area contributed by atoms with Crippen LogP contribution >= 0.6 is 0 Å². The van der Waals surface area contributed by atoms with Gasteiger partial charge in [-0.3, -0.25) is 0 Å². The number of pyridine rings is 1. The molecule has 0 aliphatic heterocycles. The molecular formula is C25H25N7O3. The van der Waals surface area contributed by atoms with E-state index in [4.69, 9.17) is 9.47 Å². The summed E-state index contributed by atoms with van der Waals surface area (Å²) in [4.78, 5) is 25.6. The third-order valence-corrected chi connectivity index (χ3v) is 4.83. The number of aryl methyl sites for hydroxylation is 1. The molecule has 35 heavy (non-hydrogen) atoms. The van der Waals surface area contributed by atoms with E-state index in [1.165, 1.54) is 14.2 Å². The third kappa shape index (κ3) is 6.14. The Morgan fingerprint density at radius 1 is 0.771 bits per heavy atom. The number of methoxy groups -OCH3 is 2. The highest BCUT2D eigenvalue weighted by Gasteiger charge is 2.12. The van der Waals surface area contributed by atoms with Gasteiger partial charge in [0.05, 0.1) is 19.9 Å². The Kier molecular flexibility index (Phi) is 7.22. The van der Waals surface area contributed by atoms with Gasteiger partial charge in [0.25, 0.3) is 0 Å². The molecule has 0 aliphatic carbocycles. The highest BCUT2D eigenvalue weighted by molar-refractivity contribution is 6.01. The number of anilines is 6. The van der Waals surface area contributed by atoms with E-state index in [2.05, 4.69) is 36.2 Å². The molecule has 0 radical (unpaired) electrons. The number of benzene rings is 2. The average molecular weight is 472 g/mol. The number of carbonyl (C=O) groups excluding carboxylic acids is 1. The van der Waals surface area contributed by atoms with E-state index in [9.17, 15) is 4.79 Å². The summed E-state index contributed by atoms with van der Waals surface area (Å²) in [5.41, 5.74) is 1.91.